The van der Waals surface area contributed by atoms with Crippen molar-refractivity contribution < 1.29 is 68.0 Å². The fraction of sp³-hybridized carbons (Fsp3) is 0.316. The number of esters is 1. The molecular weight excluding hydrogens is 827 g/mol. The fourth-order valence-electron chi connectivity index (χ4n) is 6.17. The van der Waals surface area contributed by atoms with E-state index in [2.05, 4.69) is 16.5 Å². The quantitative estimate of drug-likeness (QED) is 0.0833. The first-order valence-electron chi connectivity index (χ1n) is 16.9. The van der Waals surface area contributed by atoms with Crippen molar-refractivity contribution in [3.05, 3.63) is 117 Å². The third-order valence-electron chi connectivity index (χ3n) is 9.02. The Kier molecular flexibility index (Phi) is 14.2. The molecule has 56 heavy (non-hydrogen) atoms. The van der Waals surface area contributed by atoms with Crippen molar-refractivity contribution in [3.63, 3.8) is 0 Å². The van der Waals surface area contributed by atoms with Gasteiger partial charge in [0.25, 0.3) is 6.33 Å². The van der Waals surface area contributed by atoms with E-state index in [1.54, 1.807) is 43.8 Å². The van der Waals surface area contributed by atoms with Gasteiger partial charge in [-0.3, -0.25) is 0 Å². The maximum atomic E-state index is 15.3. The molecule has 3 atom stereocenters. The second-order valence-corrected chi connectivity index (χ2v) is 14.0. The molecule has 11 nitrogen and oxygen atoms in total. The molecule has 0 radical (unpaired) electrons. The van der Waals surface area contributed by atoms with Gasteiger partial charge in [-0.05, 0) is 80.3 Å². The molecule has 18 heteroatoms. The number of aliphatic carboxylic acids is 1. The maximum absolute atomic E-state index is 15.3. The Hall–Kier alpha value is -5.09. The number of nitrogens with zero attached hydrogens (tertiary/aromatic N) is 5. The number of alkyl halides is 3. The number of carbonyl (C=O) groups excluding carboxylic acids is 1. The van der Waals surface area contributed by atoms with Crippen LogP contribution in [0.1, 0.15) is 58.5 Å². The topological polar surface area (TPSA) is 154 Å². The van der Waals surface area contributed by atoms with Gasteiger partial charge in [-0.1, -0.05) is 25.1 Å². The van der Waals surface area contributed by atoms with E-state index in [-0.39, 0.29) is 41.1 Å². The smallest absolute Gasteiger partial charge is 0.490 e. The summed E-state index contributed by atoms with van der Waals surface area (Å²) in [5.74, 6) is -4.81. The van der Waals surface area contributed by atoms with Gasteiger partial charge in [-0.2, -0.15) is 18.4 Å². The van der Waals surface area contributed by atoms with Gasteiger partial charge in [-0.15, -0.1) is 16.0 Å². The summed E-state index contributed by atoms with van der Waals surface area (Å²) < 4.78 is 70.1. The monoisotopic (exact) mass is 862 g/mol. The van der Waals surface area contributed by atoms with E-state index in [0.29, 0.717) is 28.6 Å². The third kappa shape index (κ3) is 10.4. The van der Waals surface area contributed by atoms with E-state index in [9.17, 15) is 27.5 Å². The Bertz CT molecular complexity index is 2200. The highest BCUT2D eigenvalue weighted by molar-refractivity contribution is 7.10. The molecule has 0 saturated carbocycles. The summed E-state index contributed by atoms with van der Waals surface area (Å²) >= 11 is 1.32. The van der Waals surface area contributed by atoms with E-state index >= 15 is 4.39 Å². The number of nitrogens with one attached hydrogen (secondary N) is 1. The van der Waals surface area contributed by atoms with Gasteiger partial charge in [0.1, 0.15) is 35.6 Å². The molecule has 3 N–H and O–H groups in total. The molecule has 1 saturated heterocycles. The lowest BCUT2D eigenvalue weighted by molar-refractivity contribution is -0.689. The van der Waals surface area contributed by atoms with Crippen molar-refractivity contribution in [1.29, 1.82) is 5.26 Å². The molecule has 1 aliphatic heterocycles. The lowest BCUT2D eigenvalue weighted by atomic mass is 9.82. The predicted octanol–water partition coefficient (Wildman–Crippen LogP) is 3.10. The lowest BCUT2D eigenvalue weighted by Crippen LogP contribution is -3.00. The number of ether oxygens (including phenoxy) is 1. The van der Waals surface area contributed by atoms with Gasteiger partial charge >= 0.3 is 18.1 Å². The highest BCUT2D eigenvalue weighted by atomic mass is 79.9. The number of aromatic nitrogens is 4. The van der Waals surface area contributed by atoms with Crippen molar-refractivity contribution in [2.24, 2.45) is 0 Å². The number of rotatable bonds is 10. The summed E-state index contributed by atoms with van der Waals surface area (Å²) in [6, 6.07) is 15.9. The van der Waals surface area contributed by atoms with Crippen molar-refractivity contribution >= 4 is 23.3 Å². The van der Waals surface area contributed by atoms with Gasteiger partial charge in [-0.25, -0.2) is 27.9 Å². The molecule has 0 amide bonds. The molecule has 2 aromatic heterocycles. The SMILES string of the molecule is Cc1cc(C[n+]2cnn(C[C@](O)(c3ccc(F)cc3F)[C@@H](C)c3nc(-c4ccc(C#N)cc4)cs3)c2)cc(C)c1OC(=O)[C@@H]1CCCN1.O=C(O)C(F)(F)F.[Br-]. The summed E-state index contributed by atoms with van der Waals surface area (Å²) in [4.78, 5) is 26.2. The summed E-state index contributed by atoms with van der Waals surface area (Å²) in [5, 5.41) is 38.6. The van der Waals surface area contributed by atoms with Crippen LogP contribution in [0.5, 0.6) is 5.75 Å². The number of hydrogen-bond donors (Lipinski definition) is 3. The Morgan fingerprint density at radius 3 is 2.36 bits per heavy atom. The number of carbonyl (C=O) groups is 2. The minimum Gasteiger partial charge on any atom is -1.00 e. The van der Waals surface area contributed by atoms with Crippen LogP contribution in [0.3, 0.4) is 0 Å². The molecule has 3 aromatic carbocycles. The number of halogens is 6. The van der Waals surface area contributed by atoms with Crippen LogP contribution in [0.4, 0.5) is 22.0 Å². The van der Waals surface area contributed by atoms with Gasteiger partial charge in [0.15, 0.2) is 0 Å². The first-order chi connectivity index (χ1) is 26.0. The van der Waals surface area contributed by atoms with E-state index in [1.165, 1.54) is 22.1 Å². The zero-order valence-electron chi connectivity index (χ0n) is 30.1. The number of carboxylic acid groups (broad SMARTS) is 1. The van der Waals surface area contributed by atoms with E-state index in [0.717, 1.165) is 53.8 Å². The molecule has 0 unspecified atom stereocenters. The maximum Gasteiger partial charge on any atom is 0.490 e. The highest BCUT2D eigenvalue weighted by Crippen LogP contribution is 2.41. The Labute approximate surface area is 332 Å². The Balaban J connectivity index is 0.000000796. The number of benzene rings is 3. The number of nitriles is 1. The van der Waals surface area contributed by atoms with E-state index in [4.69, 9.17) is 24.9 Å². The van der Waals surface area contributed by atoms with Crippen LogP contribution < -0.4 is 31.6 Å². The Morgan fingerprint density at radius 1 is 1.12 bits per heavy atom. The van der Waals surface area contributed by atoms with Crippen LogP contribution in [-0.2, 0) is 28.3 Å². The lowest BCUT2D eigenvalue weighted by Gasteiger charge is -2.32. The minimum absolute atomic E-state index is 0. The Morgan fingerprint density at radius 2 is 1.79 bits per heavy atom. The van der Waals surface area contributed by atoms with Gasteiger partial charge in [0, 0.05) is 33.6 Å². The number of thiazole rings is 1. The molecule has 0 bridgehead atoms. The molecular formula is C38H36BrF5N6O5S. The van der Waals surface area contributed by atoms with Crippen molar-refractivity contribution in [2.75, 3.05) is 6.54 Å². The van der Waals surface area contributed by atoms with Crippen LogP contribution in [0.25, 0.3) is 11.3 Å². The molecule has 1 aliphatic rings. The second kappa shape index (κ2) is 18.2. The van der Waals surface area contributed by atoms with Crippen LogP contribution >= 0.6 is 11.3 Å². The second-order valence-electron chi connectivity index (χ2n) is 13.1. The largest absolute Gasteiger partial charge is 1.00 e. The first-order valence-corrected chi connectivity index (χ1v) is 17.8. The van der Waals surface area contributed by atoms with Crippen molar-refractivity contribution in [3.8, 4) is 23.1 Å². The predicted molar refractivity (Wildman–Crippen MR) is 189 cm³/mol. The minimum atomic E-state index is -5.08. The van der Waals surface area contributed by atoms with Crippen molar-refractivity contribution in [2.45, 2.75) is 70.4 Å². The zero-order chi connectivity index (χ0) is 40.1. The number of carboxylic acids is 1. The van der Waals surface area contributed by atoms with Crippen LogP contribution in [0.2, 0.25) is 0 Å². The molecule has 0 aliphatic carbocycles. The summed E-state index contributed by atoms with van der Waals surface area (Å²) in [6.45, 7) is 6.67. The number of aliphatic hydroxyl groups is 1. The number of hydrogen-bond acceptors (Lipinski definition) is 9. The van der Waals surface area contributed by atoms with Gasteiger partial charge in [0.05, 0.1) is 28.9 Å². The zero-order valence-corrected chi connectivity index (χ0v) is 32.6. The summed E-state index contributed by atoms with van der Waals surface area (Å²) in [6.07, 6.45) is -0.0420. The van der Waals surface area contributed by atoms with Crippen molar-refractivity contribution in [1.82, 2.24) is 20.1 Å². The van der Waals surface area contributed by atoms with Gasteiger partial charge < -0.3 is 37.2 Å². The molecule has 1 fully saturated rings. The van der Waals surface area contributed by atoms with Crippen LogP contribution in [-0.4, -0.2) is 55.7 Å². The standard InChI is InChI=1S/C36H35F2N6O3S.C2HF3O2.BrH/c1-22-13-26(14-23(2)33(22)47-35(45)31-5-4-12-40-31)17-43-20-41-44(21-43)19-36(46,29-11-10-28(37)15-30(29)38)24(3)34-42-32(18-48-34)27-8-6-25(16-39)7-9-27;3-2(4,5)1(6)7;/h6-11,13-15,18,20-21,24,31,40,46H,4-5,12,17,19H2,1-3H3;(H,6,7);1H/q+1;;/p-1/t24-,31-,36+;;/m0../s1. The average molecular weight is 864 g/mol. The fourth-order valence-corrected chi connectivity index (χ4v) is 7.14. The molecule has 0 spiro atoms. The molecule has 3 heterocycles. The summed E-state index contributed by atoms with van der Waals surface area (Å²) in [5.41, 5.74) is 2.69. The van der Waals surface area contributed by atoms with E-state index < -0.39 is 35.3 Å². The molecule has 5 aromatic rings. The summed E-state index contributed by atoms with van der Waals surface area (Å²) in [7, 11) is 0. The highest BCUT2D eigenvalue weighted by Gasteiger charge is 2.43. The first kappa shape index (κ1) is 43.6. The average Bonchev–Trinajstić information content (AvgIpc) is 3.93. The normalized spacial score (nSPS) is 15.4. The van der Waals surface area contributed by atoms with Crippen LogP contribution in [0, 0.1) is 36.8 Å². The molecule has 296 valence electrons. The van der Waals surface area contributed by atoms with Crippen LogP contribution in [0.15, 0.2) is 72.6 Å². The number of aryl methyl sites for hydroxylation is 2. The van der Waals surface area contributed by atoms with Gasteiger partial charge in [0.2, 0.25) is 6.33 Å². The van der Waals surface area contributed by atoms with E-state index in [1.807, 2.05) is 35.9 Å². The molecule has 6 rings (SSSR count). The third-order valence-corrected chi connectivity index (χ3v) is 10.1.